The Bertz CT molecular complexity index is 295. The van der Waals surface area contributed by atoms with E-state index in [1.807, 2.05) is 0 Å². The van der Waals surface area contributed by atoms with Crippen LogP contribution in [0.4, 0.5) is 0 Å². The summed E-state index contributed by atoms with van der Waals surface area (Å²) in [6.07, 6.45) is 6.04. The lowest BCUT2D eigenvalue weighted by Crippen LogP contribution is -2.21. The number of aliphatic hydroxyl groups is 1. The summed E-state index contributed by atoms with van der Waals surface area (Å²) in [6, 6.07) is 0. The smallest absolute Gasteiger partial charge is 0.157 e. The zero-order valence-corrected chi connectivity index (χ0v) is 8.18. The fraction of sp³-hybridized carbons (Fsp3) is 0.600. The number of hydrogen-bond donors (Lipinski definition) is 1. The molecule has 0 radical (unpaired) electrons. The Morgan fingerprint density at radius 3 is 2.50 bits per heavy atom. The molecule has 1 aromatic heterocycles. The molecule has 1 fully saturated rings. The van der Waals surface area contributed by atoms with Gasteiger partial charge in [-0.15, -0.1) is 0 Å². The number of aromatic nitrogens is 2. The maximum absolute atomic E-state index is 9.84. The molecule has 1 aliphatic carbocycles. The minimum Gasteiger partial charge on any atom is -0.494 e. The molecule has 1 saturated carbocycles. The minimum absolute atomic E-state index is 0.350. The van der Waals surface area contributed by atoms with Crippen LogP contribution in [0.3, 0.4) is 0 Å². The average molecular weight is 194 g/mol. The van der Waals surface area contributed by atoms with Crippen molar-refractivity contribution in [3.63, 3.8) is 0 Å². The Labute approximate surface area is 83.0 Å². The van der Waals surface area contributed by atoms with Crippen molar-refractivity contribution in [2.45, 2.75) is 25.4 Å². The molecule has 0 amide bonds. The summed E-state index contributed by atoms with van der Waals surface area (Å²) in [4.78, 5) is 8.13. The van der Waals surface area contributed by atoms with Crippen molar-refractivity contribution < 1.29 is 9.84 Å². The van der Waals surface area contributed by atoms with Crippen molar-refractivity contribution in [2.24, 2.45) is 5.92 Å². The standard InChI is InChI=1S/C10H14N2O2/c1-14-8-5-11-10(12-6-8)9(13)7-3-2-4-7/h5-7,9,13H,2-4H2,1H3. The molecule has 76 valence electrons. The van der Waals surface area contributed by atoms with E-state index in [9.17, 15) is 5.11 Å². The molecule has 0 aliphatic heterocycles. The van der Waals surface area contributed by atoms with Gasteiger partial charge in [0.05, 0.1) is 19.5 Å². The SMILES string of the molecule is COc1cnc(C(O)C2CCC2)nc1. The van der Waals surface area contributed by atoms with Crippen LogP contribution >= 0.6 is 0 Å². The molecule has 0 saturated heterocycles. The van der Waals surface area contributed by atoms with Crippen LogP contribution in [0.25, 0.3) is 0 Å². The molecule has 1 N–H and O–H groups in total. The Hall–Kier alpha value is -1.16. The molecular formula is C10H14N2O2. The highest BCUT2D eigenvalue weighted by atomic mass is 16.5. The van der Waals surface area contributed by atoms with E-state index >= 15 is 0 Å². The monoisotopic (exact) mass is 194 g/mol. The molecule has 1 aromatic rings. The molecule has 1 heterocycles. The maximum atomic E-state index is 9.84. The van der Waals surface area contributed by atoms with E-state index in [1.165, 1.54) is 6.42 Å². The second kappa shape index (κ2) is 3.92. The van der Waals surface area contributed by atoms with Crippen LogP contribution in [0.2, 0.25) is 0 Å². The topological polar surface area (TPSA) is 55.2 Å². The predicted molar refractivity (Wildman–Crippen MR) is 50.9 cm³/mol. The molecule has 2 rings (SSSR count). The molecule has 0 spiro atoms. The molecule has 14 heavy (non-hydrogen) atoms. The number of methoxy groups -OCH3 is 1. The third-order valence-electron chi connectivity index (χ3n) is 2.74. The fourth-order valence-electron chi connectivity index (χ4n) is 1.55. The number of ether oxygens (including phenoxy) is 1. The number of rotatable bonds is 3. The number of aliphatic hydroxyl groups excluding tert-OH is 1. The third kappa shape index (κ3) is 1.70. The largest absolute Gasteiger partial charge is 0.494 e. The van der Waals surface area contributed by atoms with Gasteiger partial charge >= 0.3 is 0 Å². The summed E-state index contributed by atoms with van der Waals surface area (Å²) >= 11 is 0. The predicted octanol–water partition coefficient (Wildman–Crippen LogP) is 1.32. The molecule has 4 heteroatoms. The lowest BCUT2D eigenvalue weighted by molar-refractivity contribution is 0.0548. The minimum atomic E-state index is -0.505. The van der Waals surface area contributed by atoms with Gasteiger partial charge in [0.15, 0.2) is 11.6 Å². The van der Waals surface area contributed by atoms with Gasteiger partial charge < -0.3 is 9.84 Å². The van der Waals surface area contributed by atoms with Crippen molar-refractivity contribution >= 4 is 0 Å². The van der Waals surface area contributed by atoms with Gasteiger partial charge in [0, 0.05) is 0 Å². The van der Waals surface area contributed by atoms with Crippen molar-refractivity contribution in [1.82, 2.24) is 9.97 Å². The van der Waals surface area contributed by atoms with Gasteiger partial charge in [0.1, 0.15) is 6.10 Å². The summed E-state index contributed by atoms with van der Waals surface area (Å²) in [6.45, 7) is 0. The van der Waals surface area contributed by atoms with Crippen LogP contribution in [0.5, 0.6) is 5.75 Å². The maximum Gasteiger partial charge on any atom is 0.157 e. The summed E-state index contributed by atoms with van der Waals surface area (Å²) in [5.41, 5.74) is 0. The molecule has 4 nitrogen and oxygen atoms in total. The van der Waals surface area contributed by atoms with Crippen LogP contribution in [0.15, 0.2) is 12.4 Å². The van der Waals surface area contributed by atoms with E-state index < -0.39 is 6.10 Å². The highest BCUT2D eigenvalue weighted by molar-refractivity contribution is 5.13. The third-order valence-corrected chi connectivity index (χ3v) is 2.74. The van der Waals surface area contributed by atoms with Gasteiger partial charge in [-0.3, -0.25) is 0 Å². The fourth-order valence-corrected chi connectivity index (χ4v) is 1.55. The van der Waals surface area contributed by atoms with E-state index in [0.29, 0.717) is 17.5 Å². The van der Waals surface area contributed by atoms with E-state index in [-0.39, 0.29) is 0 Å². The Balaban J connectivity index is 2.07. The lowest BCUT2D eigenvalue weighted by atomic mass is 9.81. The Morgan fingerprint density at radius 2 is 2.07 bits per heavy atom. The van der Waals surface area contributed by atoms with E-state index in [0.717, 1.165) is 12.8 Å². The molecule has 1 unspecified atom stereocenters. The van der Waals surface area contributed by atoms with Gasteiger partial charge in [-0.2, -0.15) is 0 Å². The first-order valence-electron chi connectivity index (χ1n) is 4.85. The molecule has 0 aromatic carbocycles. The second-order valence-electron chi connectivity index (χ2n) is 3.62. The quantitative estimate of drug-likeness (QED) is 0.788. The van der Waals surface area contributed by atoms with Crippen LogP contribution in [-0.4, -0.2) is 22.2 Å². The second-order valence-corrected chi connectivity index (χ2v) is 3.62. The zero-order valence-electron chi connectivity index (χ0n) is 8.18. The van der Waals surface area contributed by atoms with Crippen molar-refractivity contribution in [3.8, 4) is 5.75 Å². The van der Waals surface area contributed by atoms with Crippen LogP contribution in [0, 0.1) is 5.92 Å². The van der Waals surface area contributed by atoms with Gasteiger partial charge in [0.25, 0.3) is 0 Å². The van der Waals surface area contributed by atoms with Crippen LogP contribution < -0.4 is 4.74 Å². The highest BCUT2D eigenvalue weighted by Gasteiger charge is 2.28. The summed E-state index contributed by atoms with van der Waals surface area (Å²) in [7, 11) is 1.57. The summed E-state index contributed by atoms with van der Waals surface area (Å²) in [5.74, 6) is 1.48. The molecule has 0 bridgehead atoms. The molecule has 1 atom stereocenters. The van der Waals surface area contributed by atoms with Crippen molar-refractivity contribution in [3.05, 3.63) is 18.2 Å². The Morgan fingerprint density at radius 1 is 1.43 bits per heavy atom. The Kier molecular flexibility index (Phi) is 2.63. The van der Waals surface area contributed by atoms with Gasteiger partial charge in [-0.05, 0) is 18.8 Å². The number of hydrogen-bond acceptors (Lipinski definition) is 4. The number of nitrogens with zero attached hydrogens (tertiary/aromatic N) is 2. The molecular weight excluding hydrogens is 180 g/mol. The van der Waals surface area contributed by atoms with Gasteiger partial charge in [-0.25, -0.2) is 9.97 Å². The molecule has 1 aliphatic rings. The van der Waals surface area contributed by atoms with Crippen molar-refractivity contribution in [2.75, 3.05) is 7.11 Å². The van der Waals surface area contributed by atoms with E-state index in [2.05, 4.69) is 9.97 Å². The van der Waals surface area contributed by atoms with E-state index in [1.54, 1.807) is 19.5 Å². The first kappa shape index (κ1) is 9.40. The average Bonchev–Trinajstić information content (AvgIpc) is 2.15. The summed E-state index contributed by atoms with van der Waals surface area (Å²) in [5, 5.41) is 9.84. The first-order chi connectivity index (χ1) is 6.81. The van der Waals surface area contributed by atoms with Gasteiger partial charge in [-0.1, -0.05) is 6.42 Å². The highest BCUT2D eigenvalue weighted by Crippen LogP contribution is 2.36. The summed E-state index contributed by atoms with van der Waals surface area (Å²) < 4.78 is 4.94. The first-order valence-corrected chi connectivity index (χ1v) is 4.85. The zero-order chi connectivity index (χ0) is 9.97. The van der Waals surface area contributed by atoms with Gasteiger partial charge in [0.2, 0.25) is 0 Å². The van der Waals surface area contributed by atoms with E-state index in [4.69, 9.17) is 4.74 Å². The van der Waals surface area contributed by atoms with Crippen LogP contribution in [0.1, 0.15) is 31.2 Å². The van der Waals surface area contributed by atoms with Crippen LogP contribution in [-0.2, 0) is 0 Å². The normalized spacial score (nSPS) is 18.7. The lowest BCUT2D eigenvalue weighted by Gasteiger charge is -2.29. The van der Waals surface area contributed by atoms with Crippen molar-refractivity contribution in [1.29, 1.82) is 0 Å².